The number of nitriles is 1. The molecule has 8 nitrogen and oxygen atoms in total. The maximum atomic E-state index is 14.1. The second kappa shape index (κ2) is 9.35. The van der Waals surface area contributed by atoms with Gasteiger partial charge in [-0.25, -0.2) is 18.7 Å². The molecule has 3 aromatic heterocycles. The van der Waals surface area contributed by atoms with Crippen LogP contribution >= 0.6 is 0 Å². The molecule has 10 heteroatoms. The van der Waals surface area contributed by atoms with Crippen molar-refractivity contribution in [2.24, 2.45) is 0 Å². The van der Waals surface area contributed by atoms with Gasteiger partial charge >= 0.3 is 0 Å². The molecule has 1 aliphatic carbocycles. The summed E-state index contributed by atoms with van der Waals surface area (Å²) in [5.41, 5.74) is 0.0576. The highest BCUT2D eigenvalue weighted by Crippen LogP contribution is 2.28. The molecule has 3 unspecified atom stereocenters. The molecule has 34 heavy (non-hydrogen) atoms. The van der Waals surface area contributed by atoms with Crippen LogP contribution < -0.4 is 10.6 Å². The number of aromatic nitrogens is 3. The second-order valence-electron chi connectivity index (χ2n) is 9.11. The van der Waals surface area contributed by atoms with Gasteiger partial charge in [-0.05, 0) is 45.2 Å². The van der Waals surface area contributed by atoms with E-state index in [1.54, 1.807) is 29.0 Å². The number of carbonyl (C=O) groups is 1. The third-order valence-corrected chi connectivity index (χ3v) is 5.97. The standard InChI is InChI=1S/C24H26F2N6O2/c1-24(2,34)20(26)13-30-23(33)18-12-28-21(9-19(18)31-17-4-3-16(25)8-17)32-6-5-15-7-14(10-27)11-29-22(15)32/h5-7,9,11-12,16-17,20,34H,3-4,8,13H2,1-2H3,(H,28,31)(H,30,33). The number of nitrogens with one attached hydrogen (secondary N) is 2. The summed E-state index contributed by atoms with van der Waals surface area (Å²) in [5.74, 6) is -0.0849. The van der Waals surface area contributed by atoms with Gasteiger partial charge in [0.15, 0.2) is 0 Å². The van der Waals surface area contributed by atoms with Crippen molar-refractivity contribution in [3.63, 3.8) is 0 Å². The zero-order chi connectivity index (χ0) is 24.5. The SMILES string of the molecule is CC(C)(O)C(F)CNC(=O)c1cnc(-n2ccc3cc(C#N)cnc32)cc1NC1CCC(F)C1. The molecule has 0 aliphatic heterocycles. The summed E-state index contributed by atoms with van der Waals surface area (Å²) in [7, 11) is 0. The summed E-state index contributed by atoms with van der Waals surface area (Å²) in [4.78, 5) is 21.6. The molecule has 1 aliphatic rings. The molecule has 0 saturated heterocycles. The molecule has 3 atom stereocenters. The number of pyridine rings is 2. The fourth-order valence-electron chi connectivity index (χ4n) is 3.95. The Kier molecular flexibility index (Phi) is 6.48. The molecule has 0 aromatic carbocycles. The fourth-order valence-corrected chi connectivity index (χ4v) is 3.95. The minimum absolute atomic E-state index is 0.153. The first-order valence-corrected chi connectivity index (χ1v) is 11.1. The van der Waals surface area contributed by atoms with Crippen LogP contribution in [0, 0.1) is 11.3 Å². The van der Waals surface area contributed by atoms with Crippen LogP contribution in [-0.4, -0.2) is 56.1 Å². The summed E-state index contributed by atoms with van der Waals surface area (Å²) in [6.45, 7) is 2.29. The number of alkyl halides is 2. The zero-order valence-electron chi connectivity index (χ0n) is 18.9. The van der Waals surface area contributed by atoms with Crippen LogP contribution in [0.2, 0.25) is 0 Å². The minimum Gasteiger partial charge on any atom is -0.387 e. The number of rotatable bonds is 7. The maximum absolute atomic E-state index is 14.1. The maximum Gasteiger partial charge on any atom is 0.255 e. The van der Waals surface area contributed by atoms with Gasteiger partial charge in [0.05, 0.1) is 29.0 Å². The number of carbonyl (C=O) groups excluding carboxylic acids is 1. The van der Waals surface area contributed by atoms with Gasteiger partial charge in [0, 0.05) is 36.1 Å². The lowest BCUT2D eigenvalue weighted by Crippen LogP contribution is -2.42. The van der Waals surface area contributed by atoms with Crippen molar-refractivity contribution >= 4 is 22.6 Å². The Morgan fingerprint density at radius 1 is 1.35 bits per heavy atom. The number of anilines is 1. The van der Waals surface area contributed by atoms with E-state index in [-0.39, 0.29) is 18.2 Å². The van der Waals surface area contributed by atoms with Gasteiger partial charge in [0.25, 0.3) is 5.91 Å². The van der Waals surface area contributed by atoms with Gasteiger partial charge in [-0.15, -0.1) is 0 Å². The lowest BCUT2D eigenvalue weighted by Gasteiger charge is -2.23. The summed E-state index contributed by atoms with van der Waals surface area (Å²) < 4.78 is 29.6. The molecule has 3 N–H and O–H groups in total. The van der Waals surface area contributed by atoms with Gasteiger partial charge < -0.3 is 15.7 Å². The Morgan fingerprint density at radius 3 is 2.82 bits per heavy atom. The van der Waals surface area contributed by atoms with Crippen LogP contribution in [0.25, 0.3) is 16.9 Å². The van der Waals surface area contributed by atoms with Gasteiger partial charge in [-0.2, -0.15) is 5.26 Å². The number of hydrogen-bond acceptors (Lipinski definition) is 6. The third kappa shape index (κ3) is 4.99. The van der Waals surface area contributed by atoms with E-state index < -0.39 is 23.9 Å². The van der Waals surface area contributed by atoms with E-state index in [4.69, 9.17) is 5.26 Å². The number of aliphatic hydroxyl groups is 1. The van der Waals surface area contributed by atoms with Gasteiger partial charge in [0.2, 0.25) is 0 Å². The highest BCUT2D eigenvalue weighted by molar-refractivity contribution is 5.99. The molecule has 0 spiro atoms. The van der Waals surface area contributed by atoms with Crippen LogP contribution in [0.4, 0.5) is 14.5 Å². The fraction of sp³-hybridized carbons (Fsp3) is 0.417. The first-order valence-electron chi connectivity index (χ1n) is 11.1. The third-order valence-electron chi connectivity index (χ3n) is 5.97. The molecule has 1 amide bonds. The van der Waals surface area contributed by atoms with E-state index in [2.05, 4.69) is 26.7 Å². The van der Waals surface area contributed by atoms with Crippen molar-refractivity contribution in [2.75, 3.05) is 11.9 Å². The normalized spacial score (nSPS) is 19.1. The average Bonchev–Trinajstić information content (AvgIpc) is 3.41. The largest absolute Gasteiger partial charge is 0.387 e. The lowest BCUT2D eigenvalue weighted by molar-refractivity contribution is -0.00177. The van der Waals surface area contributed by atoms with Crippen LogP contribution in [0.5, 0.6) is 0 Å². The Bertz CT molecular complexity index is 1250. The predicted molar refractivity (Wildman–Crippen MR) is 123 cm³/mol. The smallest absolute Gasteiger partial charge is 0.255 e. The highest BCUT2D eigenvalue weighted by atomic mass is 19.1. The summed E-state index contributed by atoms with van der Waals surface area (Å²) in [5, 5.41) is 25.4. The van der Waals surface area contributed by atoms with E-state index in [9.17, 15) is 18.7 Å². The highest BCUT2D eigenvalue weighted by Gasteiger charge is 2.28. The molecule has 0 radical (unpaired) electrons. The summed E-state index contributed by atoms with van der Waals surface area (Å²) >= 11 is 0. The predicted octanol–water partition coefficient (Wildman–Crippen LogP) is 3.43. The van der Waals surface area contributed by atoms with Crippen molar-refractivity contribution in [1.82, 2.24) is 19.9 Å². The topological polar surface area (TPSA) is 116 Å². The van der Waals surface area contributed by atoms with E-state index in [0.29, 0.717) is 42.0 Å². The quantitative estimate of drug-likeness (QED) is 0.489. The van der Waals surface area contributed by atoms with Crippen LogP contribution in [0.3, 0.4) is 0 Å². The number of nitrogens with zero attached hydrogens (tertiary/aromatic N) is 4. The first kappa shape index (κ1) is 23.6. The first-order chi connectivity index (χ1) is 16.2. The molecule has 1 fully saturated rings. The van der Waals surface area contributed by atoms with E-state index in [1.165, 1.54) is 26.2 Å². The molecule has 0 bridgehead atoms. The molecule has 1 saturated carbocycles. The molecule has 3 aromatic rings. The van der Waals surface area contributed by atoms with Crippen molar-refractivity contribution in [2.45, 2.75) is 57.1 Å². The Balaban J connectivity index is 1.66. The summed E-state index contributed by atoms with van der Waals surface area (Å²) in [6.07, 6.45) is 3.44. The molecular formula is C24H26F2N6O2. The van der Waals surface area contributed by atoms with Crippen molar-refractivity contribution in [3.05, 3.63) is 47.9 Å². The average molecular weight is 469 g/mol. The van der Waals surface area contributed by atoms with Crippen LogP contribution in [0.1, 0.15) is 49.0 Å². The van der Waals surface area contributed by atoms with Crippen LogP contribution in [-0.2, 0) is 0 Å². The van der Waals surface area contributed by atoms with E-state index >= 15 is 0 Å². The Morgan fingerprint density at radius 2 is 2.15 bits per heavy atom. The second-order valence-corrected chi connectivity index (χ2v) is 9.11. The van der Waals surface area contributed by atoms with Gasteiger partial charge in [-0.3, -0.25) is 9.36 Å². The minimum atomic E-state index is -1.65. The Hall–Kier alpha value is -3.58. The van der Waals surface area contributed by atoms with E-state index in [0.717, 1.165) is 5.39 Å². The number of amides is 1. The number of halogens is 2. The van der Waals surface area contributed by atoms with Gasteiger partial charge in [0.1, 0.15) is 29.9 Å². The van der Waals surface area contributed by atoms with Gasteiger partial charge in [-0.1, -0.05) is 0 Å². The molecule has 4 rings (SSSR count). The molecular weight excluding hydrogens is 442 g/mol. The lowest BCUT2D eigenvalue weighted by atomic mass is 10.0. The van der Waals surface area contributed by atoms with Crippen molar-refractivity contribution in [3.8, 4) is 11.9 Å². The number of fused-ring (bicyclic) bond motifs is 1. The van der Waals surface area contributed by atoms with E-state index in [1.807, 2.05) is 0 Å². The van der Waals surface area contributed by atoms with Crippen LogP contribution in [0.15, 0.2) is 36.8 Å². The molecule has 178 valence electrons. The number of hydrogen-bond donors (Lipinski definition) is 3. The summed E-state index contributed by atoms with van der Waals surface area (Å²) in [6, 6.07) is 7.10. The monoisotopic (exact) mass is 468 g/mol. The van der Waals surface area contributed by atoms with Crippen molar-refractivity contribution < 1.29 is 18.7 Å². The Labute approximate surface area is 195 Å². The molecule has 3 heterocycles. The zero-order valence-corrected chi connectivity index (χ0v) is 18.9. The van der Waals surface area contributed by atoms with Crippen molar-refractivity contribution in [1.29, 1.82) is 5.26 Å².